The lowest BCUT2D eigenvalue weighted by Crippen LogP contribution is -2.33. The first-order valence-corrected chi connectivity index (χ1v) is 3.89. The fourth-order valence-electron chi connectivity index (χ4n) is 0.247. The molecule has 0 aliphatic carbocycles. The SMILES string of the molecule is CC(C)C(C)(I)C(=O)O. The van der Waals surface area contributed by atoms with E-state index in [0.717, 1.165) is 0 Å². The molecule has 0 amide bonds. The molecule has 54 valence electrons. The molecule has 1 unspecified atom stereocenters. The van der Waals surface area contributed by atoms with Gasteiger partial charge in [-0.05, 0) is 12.8 Å². The minimum absolute atomic E-state index is 0.176. The van der Waals surface area contributed by atoms with E-state index in [2.05, 4.69) is 0 Å². The van der Waals surface area contributed by atoms with Gasteiger partial charge in [-0.15, -0.1) is 0 Å². The van der Waals surface area contributed by atoms with Gasteiger partial charge in [0.2, 0.25) is 0 Å². The highest BCUT2D eigenvalue weighted by molar-refractivity contribution is 14.1. The van der Waals surface area contributed by atoms with Crippen LogP contribution in [0.4, 0.5) is 0 Å². The number of halogens is 1. The molecule has 0 saturated heterocycles. The lowest BCUT2D eigenvalue weighted by molar-refractivity contribution is -0.139. The molecule has 0 aromatic carbocycles. The summed E-state index contributed by atoms with van der Waals surface area (Å²) >= 11 is 1.96. The fourth-order valence-corrected chi connectivity index (χ4v) is 0.247. The van der Waals surface area contributed by atoms with E-state index < -0.39 is 9.39 Å². The van der Waals surface area contributed by atoms with Crippen LogP contribution in [0.3, 0.4) is 0 Å². The molecule has 0 bridgehead atoms. The van der Waals surface area contributed by atoms with Crippen LogP contribution < -0.4 is 0 Å². The lowest BCUT2D eigenvalue weighted by atomic mass is 9.99. The molecule has 0 aliphatic rings. The van der Waals surface area contributed by atoms with Crippen molar-refractivity contribution < 1.29 is 9.90 Å². The van der Waals surface area contributed by atoms with Crippen molar-refractivity contribution in [2.75, 3.05) is 0 Å². The maximum absolute atomic E-state index is 10.5. The molecule has 0 radical (unpaired) electrons. The van der Waals surface area contributed by atoms with Gasteiger partial charge in [0.1, 0.15) is 3.42 Å². The van der Waals surface area contributed by atoms with E-state index in [1.807, 2.05) is 36.4 Å². The van der Waals surface area contributed by atoms with Crippen LogP contribution in [-0.4, -0.2) is 14.5 Å². The monoisotopic (exact) mass is 242 g/mol. The molecular weight excluding hydrogens is 231 g/mol. The van der Waals surface area contributed by atoms with Gasteiger partial charge in [-0.3, -0.25) is 4.79 Å². The average molecular weight is 242 g/mol. The first-order valence-electron chi connectivity index (χ1n) is 2.81. The number of carbonyl (C=O) groups is 1. The van der Waals surface area contributed by atoms with Gasteiger partial charge < -0.3 is 5.11 Å². The summed E-state index contributed by atoms with van der Waals surface area (Å²) in [7, 11) is 0. The van der Waals surface area contributed by atoms with E-state index in [9.17, 15) is 4.79 Å². The van der Waals surface area contributed by atoms with Crippen LogP contribution in [0.5, 0.6) is 0 Å². The van der Waals surface area contributed by atoms with Gasteiger partial charge in [0.25, 0.3) is 0 Å². The number of carboxylic acid groups (broad SMARTS) is 1. The van der Waals surface area contributed by atoms with Crippen LogP contribution in [0.1, 0.15) is 20.8 Å². The van der Waals surface area contributed by atoms with Gasteiger partial charge in [-0.25, -0.2) is 0 Å². The number of aliphatic carboxylic acids is 1. The van der Waals surface area contributed by atoms with Gasteiger partial charge in [-0.1, -0.05) is 36.4 Å². The first kappa shape index (κ1) is 9.20. The van der Waals surface area contributed by atoms with Crippen molar-refractivity contribution in [1.82, 2.24) is 0 Å². The zero-order valence-corrected chi connectivity index (χ0v) is 7.97. The summed E-state index contributed by atoms with van der Waals surface area (Å²) in [6, 6.07) is 0. The minimum Gasteiger partial charge on any atom is -0.480 e. The zero-order chi connectivity index (χ0) is 7.65. The van der Waals surface area contributed by atoms with Gasteiger partial charge in [0.15, 0.2) is 0 Å². The van der Waals surface area contributed by atoms with Gasteiger partial charge >= 0.3 is 5.97 Å². The topological polar surface area (TPSA) is 37.3 Å². The Kier molecular flexibility index (Phi) is 2.92. The number of hydrogen-bond donors (Lipinski definition) is 1. The number of carboxylic acids is 1. The van der Waals surface area contributed by atoms with E-state index in [4.69, 9.17) is 5.11 Å². The largest absolute Gasteiger partial charge is 0.480 e. The quantitative estimate of drug-likeness (QED) is 0.593. The predicted molar refractivity (Wildman–Crippen MR) is 44.9 cm³/mol. The fraction of sp³-hybridized carbons (Fsp3) is 0.833. The van der Waals surface area contributed by atoms with Crippen LogP contribution in [-0.2, 0) is 4.79 Å². The van der Waals surface area contributed by atoms with Crippen LogP contribution in [0.25, 0.3) is 0 Å². The van der Waals surface area contributed by atoms with Crippen LogP contribution in [0.2, 0.25) is 0 Å². The first-order chi connectivity index (χ1) is 3.89. The molecular formula is C6H11IO2. The molecule has 9 heavy (non-hydrogen) atoms. The van der Waals surface area contributed by atoms with E-state index in [-0.39, 0.29) is 5.92 Å². The maximum Gasteiger partial charge on any atom is 0.319 e. The smallest absolute Gasteiger partial charge is 0.319 e. The van der Waals surface area contributed by atoms with Crippen molar-refractivity contribution in [3.63, 3.8) is 0 Å². The minimum atomic E-state index is -0.738. The standard InChI is InChI=1S/C6H11IO2/c1-4(2)6(3,7)5(8)9/h4H,1-3H3,(H,8,9). The molecule has 0 rings (SSSR count). The summed E-state index contributed by atoms with van der Waals surface area (Å²) in [4.78, 5) is 10.5. The third-order valence-corrected chi connectivity index (χ3v) is 3.21. The number of alkyl halides is 1. The van der Waals surface area contributed by atoms with Crippen LogP contribution in [0.15, 0.2) is 0 Å². The second-order valence-corrected chi connectivity index (χ2v) is 4.78. The highest BCUT2D eigenvalue weighted by Gasteiger charge is 2.32. The Morgan fingerprint density at radius 2 is 2.00 bits per heavy atom. The molecule has 3 heteroatoms. The lowest BCUT2D eigenvalue weighted by Gasteiger charge is -2.20. The summed E-state index contributed by atoms with van der Waals surface area (Å²) in [6.45, 7) is 5.53. The number of rotatable bonds is 2. The Bertz CT molecular complexity index is 118. The molecule has 0 aromatic heterocycles. The van der Waals surface area contributed by atoms with E-state index in [1.165, 1.54) is 0 Å². The van der Waals surface area contributed by atoms with E-state index >= 15 is 0 Å². The van der Waals surface area contributed by atoms with Crippen molar-refractivity contribution in [2.45, 2.75) is 24.2 Å². The maximum atomic E-state index is 10.5. The zero-order valence-electron chi connectivity index (χ0n) is 5.81. The second-order valence-electron chi connectivity index (χ2n) is 2.54. The summed E-state index contributed by atoms with van der Waals surface area (Å²) in [5.74, 6) is -0.561. The molecule has 0 spiro atoms. The van der Waals surface area contributed by atoms with Gasteiger partial charge in [-0.2, -0.15) is 0 Å². The summed E-state index contributed by atoms with van der Waals surface area (Å²) in [5.41, 5.74) is 0. The molecule has 0 saturated carbocycles. The Balaban J connectivity index is 4.19. The van der Waals surface area contributed by atoms with Gasteiger partial charge in [0.05, 0.1) is 0 Å². The Morgan fingerprint density at radius 3 is 2.00 bits per heavy atom. The molecule has 0 aliphatic heterocycles. The Morgan fingerprint density at radius 1 is 1.67 bits per heavy atom. The molecule has 1 atom stereocenters. The summed E-state index contributed by atoms with van der Waals surface area (Å²) in [6.07, 6.45) is 0. The van der Waals surface area contributed by atoms with Crippen molar-refractivity contribution >= 4 is 28.6 Å². The number of hydrogen-bond acceptors (Lipinski definition) is 1. The van der Waals surface area contributed by atoms with Crippen LogP contribution >= 0.6 is 22.6 Å². The van der Waals surface area contributed by atoms with Gasteiger partial charge in [0, 0.05) is 0 Å². The van der Waals surface area contributed by atoms with E-state index in [0.29, 0.717) is 0 Å². The van der Waals surface area contributed by atoms with Crippen molar-refractivity contribution in [3.8, 4) is 0 Å². The average Bonchev–Trinajstić information content (AvgIpc) is 1.65. The Hall–Kier alpha value is 0.200. The molecule has 0 heterocycles. The highest BCUT2D eigenvalue weighted by atomic mass is 127. The molecule has 0 aromatic rings. The van der Waals surface area contributed by atoms with Crippen molar-refractivity contribution in [1.29, 1.82) is 0 Å². The molecule has 1 N–H and O–H groups in total. The Labute approximate surface area is 68.8 Å². The van der Waals surface area contributed by atoms with E-state index in [1.54, 1.807) is 6.92 Å². The highest BCUT2D eigenvalue weighted by Crippen LogP contribution is 2.27. The normalized spacial score (nSPS) is 17.4. The summed E-state index contributed by atoms with van der Waals surface area (Å²) < 4.78 is -0.613. The van der Waals surface area contributed by atoms with Crippen LogP contribution in [0, 0.1) is 5.92 Å². The second kappa shape index (κ2) is 2.86. The third-order valence-electron chi connectivity index (χ3n) is 1.50. The molecule has 2 nitrogen and oxygen atoms in total. The predicted octanol–water partition coefficient (Wildman–Crippen LogP) is 1.92. The van der Waals surface area contributed by atoms with Crippen molar-refractivity contribution in [2.24, 2.45) is 5.92 Å². The molecule has 0 fully saturated rings. The third kappa shape index (κ3) is 2.12. The van der Waals surface area contributed by atoms with Crippen molar-refractivity contribution in [3.05, 3.63) is 0 Å². The summed E-state index contributed by atoms with van der Waals surface area (Å²) in [5, 5.41) is 8.60.